The van der Waals surface area contributed by atoms with E-state index >= 15 is 0 Å². The van der Waals surface area contributed by atoms with Gasteiger partial charge < -0.3 is 5.32 Å². The molecule has 0 radical (unpaired) electrons. The lowest BCUT2D eigenvalue weighted by molar-refractivity contribution is 0.570. The summed E-state index contributed by atoms with van der Waals surface area (Å²) in [6.45, 7) is 4.96. The predicted octanol–water partition coefficient (Wildman–Crippen LogP) is 2.96. The minimum atomic E-state index is -0.198. The van der Waals surface area contributed by atoms with E-state index in [2.05, 4.69) is 17.3 Å². The van der Waals surface area contributed by atoms with Crippen molar-refractivity contribution in [3.63, 3.8) is 0 Å². The van der Waals surface area contributed by atoms with Crippen molar-refractivity contribution in [3.8, 4) is 0 Å². The number of aryl methyl sites for hydroxylation is 2. The minimum absolute atomic E-state index is 0.0155. The largest absolute Gasteiger partial charge is 0.305 e. The van der Waals surface area contributed by atoms with Gasteiger partial charge in [-0.05, 0) is 49.2 Å². The molecule has 3 nitrogen and oxygen atoms in total. The van der Waals surface area contributed by atoms with Crippen LogP contribution >= 0.6 is 0 Å². The number of halogens is 1. The van der Waals surface area contributed by atoms with Crippen molar-refractivity contribution in [2.45, 2.75) is 26.3 Å². The third kappa shape index (κ3) is 3.20. The molecular formula is C15H20FN3. The smallest absolute Gasteiger partial charge is 0.123 e. The van der Waals surface area contributed by atoms with E-state index in [1.165, 1.54) is 6.07 Å². The van der Waals surface area contributed by atoms with Crippen molar-refractivity contribution < 1.29 is 4.39 Å². The summed E-state index contributed by atoms with van der Waals surface area (Å²) in [6.07, 6.45) is 2.97. The molecule has 4 heteroatoms. The van der Waals surface area contributed by atoms with Crippen LogP contribution in [0.5, 0.6) is 0 Å². The van der Waals surface area contributed by atoms with Crippen LogP contribution in [0.25, 0.3) is 0 Å². The number of aromatic nitrogens is 2. The van der Waals surface area contributed by atoms with Crippen molar-refractivity contribution in [1.29, 1.82) is 0 Å². The van der Waals surface area contributed by atoms with Crippen molar-refractivity contribution in [3.05, 3.63) is 53.1 Å². The van der Waals surface area contributed by atoms with Crippen LogP contribution in [0, 0.1) is 12.7 Å². The van der Waals surface area contributed by atoms with Crippen LogP contribution in [-0.2, 0) is 7.05 Å². The molecule has 1 unspecified atom stereocenters. The average Bonchev–Trinajstić information content (AvgIpc) is 2.78. The Kier molecular flexibility index (Phi) is 4.32. The van der Waals surface area contributed by atoms with Crippen LogP contribution in [0.4, 0.5) is 4.39 Å². The van der Waals surface area contributed by atoms with Gasteiger partial charge >= 0.3 is 0 Å². The average molecular weight is 261 g/mol. The molecule has 1 aromatic carbocycles. The highest BCUT2D eigenvalue weighted by Crippen LogP contribution is 2.24. The molecule has 0 aliphatic carbocycles. The maximum absolute atomic E-state index is 13.2. The van der Waals surface area contributed by atoms with Gasteiger partial charge in [-0.15, -0.1) is 0 Å². The van der Waals surface area contributed by atoms with E-state index in [9.17, 15) is 4.39 Å². The molecule has 0 aliphatic heterocycles. The highest BCUT2D eigenvalue weighted by molar-refractivity contribution is 5.34. The molecule has 0 amide bonds. The van der Waals surface area contributed by atoms with Gasteiger partial charge in [-0.2, -0.15) is 5.10 Å². The van der Waals surface area contributed by atoms with Crippen LogP contribution in [0.2, 0.25) is 0 Å². The first-order chi connectivity index (χ1) is 9.11. The monoisotopic (exact) mass is 261 g/mol. The summed E-state index contributed by atoms with van der Waals surface area (Å²) in [6, 6.07) is 6.93. The maximum atomic E-state index is 13.2. The third-order valence-electron chi connectivity index (χ3n) is 3.17. The first kappa shape index (κ1) is 13.7. The molecule has 0 spiro atoms. The molecule has 2 aromatic rings. The molecule has 0 saturated heterocycles. The van der Waals surface area contributed by atoms with Crippen molar-refractivity contribution in [2.75, 3.05) is 6.54 Å². The molecule has 0 bridgehead atoms. The van der Waals surface area contributed by atoms with Gasteiger partial charge in [0.05, 0.1) is 11.7 Å². The SMILES string of the molecule is CCCNC(c1ccn(C)n1)c1ccc(F)cc1C. The molecule has 1 aromatic heterocycles. The molecule has 0 saturated carbocycles. The summed E-state index contributed by atoms with van der Waals surface area (Å²) in [5, 5.41) is 7.94. The molecule has 1 heterocycles. The number of hydrogen-bond donors (Lipinski definition) is 1. The van der Waals surface area contributed by atoms with Crippen LogP contribution < -0.4 is 5.32 Å². The second-order valence-corrected chi connectivity index (χ2v) is 4.80. The first-order valence-corrected chi connectivity index (χ1v) is 6.60. The Hall–Kier alpha value is -1.68. The molecule has 1 atom stereocenters. The normalized spacial score (nSPS) is 12.6. The topological polar surface area (TPSA) is 29.9 Å². The van der Waals surface area contributed by atoms with Crippen LogP contribution in [0.15, 0.2) is 30.5 Å². The lowest BCUT2D eigenvalue weighted by Gasteiger charge is -2.19. The van der Waals surface area contributed by atoms with E-state index in [1.807, 2.05) is 32.3 Å². The predicted molar refractivity (Wildman–Crippen MR) is 74.5 cm³/mol. The fourth-order valence-electron chi connectivity index (χ4n) is 2.21. The van der Waals surface area contributed by atoms with Crippen molar-refractivity contribution >= 4 is 0 Å². The Balaban J connectivity index is 2.36. The second-order valence-electron chi connectivity index (χ2n) is 4.80. The summed E-state index contributed by atoms with van der Waals surface area (Å²) in [4.78, 5) is 0. The summed E-state index contributed by atoms with van der Waals surface area (Å²) in [5.74, 6) is -0.198. The lowest BCUT2D eigenvalue weighted by Crippen LogP contribution is -2.24. The Morgan fingerprint density at radius 2 is 2.16 bits per heavy atom. The van der Waals surface area contributed by atoms with Crippen molar-refractivity contribution in [1.82, 2.24) is 15.1 Å². The molecule has 102 valence electrons. The highest BCUT2D eigenvalue weighted by Gasteiger charge is 2.18. The third-order valence-corrected chi connectivity index (χ3v) is 3.17. The Labute approximate surface area is 113 Å². The van der Waals surface area contributed by atoms with Crippen LogP contribution in [-0.4, -0.2) is 16.3 Å². The number of benzene rings is 1. The Morgan fingerprint density at radius 3 is 2.74 bits per heavy atom. The molecule has 2 rings (SSSR count). The first-order valence-electron chi connectivity index (χ1n) is 6.60. The van der Waals surface area contributed by atoms with Gasteiger partial charge in [-0.25, -0.2) is 4.39 Å². The van der Waals surface area contributed by atoms with Gasteiger partial charge in [-0.3, -0.25) is 4.68 Å². The van der Waals surface area contributed by atoms with E-state index in [4.69, 9.17) is 0 Å². The molecule has 1 N–H and O–H groups in total. The number of nitrogens with zero attached hydrogens (tertiary/aromatic N) is 2. The molecule has 0 fully saturated rings. The highest BCUT2D eigenvalue weighted by atomic mass is 19.1. The Morgan fingerprint density at radius 1 is 1.37 bits per heavy atom. The van der Waals surface area contributed by atoms with E-state index in [0.717, 1.165) is 29.8 Å². The zero-order valence-corrected chi connectivity index (χ0v) is 11.7. The number of rotatable bonds is 5. The van der Waals surface area contributed by atoms with E-state index < -0.39 is 0 Å². The van der Waals surface area contributed by atoms with Gasteiger partial charge in [-0.1, -0.05) is 13.0 Å². The van der Waals surface area contributed by atoms with Gasteiger partial charge in [0.2, 0.25) is 0 Å². The zero-order valence-electron chi connectivity index (χ0n) is 11.7. The maximum Gasteiger partial charge on any atom is 0.123 e. The summed E-state index contributed by atoms with van der Waals surface area (Å²) < 4.78 is 15.0. The summed E-state index contributed by atoms with van der Waals surface area (Å²) in [5.41, 5.74) is 2.98. The fraction of sp³-hybridized carbons (Fsp3) is 0.400. The van der Waals surface area contributed by atoms with E-state index in [0.29, 0.717) is 0 Å². The van der Waals surface area contributed by atoms with Gasteiger partial charge in [0, 0.05) is 13.2 Å². The van der Waals surface area contributed by atoms with E-state index in [-0.39, 0.29) is 11.9 Å². The zero-order chi connectivity index (χ0) is 13.8. The molecule has 19 heavy (non-hydrogen) atoms. The van der Waals surface area contributed by atoms with Crippen molar-refractivity contribution in [2.24, 2.45) is 7.05 Å². The lowest BCUT2D eigenvalue weighted by atomic mass is 9.98. The second kappa shape index (κ2) is 5.97. The van der Waals surface area contributed by atoms with E-state index in [1.54, 1.807) is 10.7 Å². The van der Waals surface area contributed by atoms with Crippen LogP contribution in [0.1, 0.15) is 36.2 Å². The number of nitrogens with one attached hydrogen (secondary N) is 1. The quantitative estimate of drug-likeness (QED) is 0.896. The summed E-state index contributed by atoms with van der Waals surface area (Å²) in [7, 11) is 1.90. The van der Waals surface area contributed by atoms with Gasteiger partial charge in [0.1, 0.15) is 5.82 Å². The minimum Gasteiger partial charge on any atom is -0.305 e. The molecular weight excluding hydrogens is 241 g/mol. The van der Waals surface area contributed by atoms with Gasteiger partial charge in [0.25, 0.3) is 0 Å². The van der Waals surface area contributed by atoms with Crippen LogP contribution in [0.3, 0.4) is 0 Å². The standard InChI is InChI=1S/C15H20FN3/c1-4-8-17-15(14-7-9-19(3)18-14)13-6-5-12(16)10-11(13)2/h5-7,9-10,15,17H,4,8H2,1-3H3. The summed E-state index contributed by atoms with van der Waals surface area (Å²) >= 11 is 0. The fourth-order valence-corrected chi connectivity index (χ4v) is 2.21. The Bertz CT molecular complexity index is 548. The molecule has 0 aliphatic rings. The number of hydrogen-bond acceptors (Lipinski definition) is 2. The van der Waals surface area contributed by atoms with Gasteiger partial charge in [0.15, 0.2) is 0 Å².